The molecule has 0 bridgehead atoms. The molecular weight excluding hydrogens is 270 g/mol. The molecule has 0 rings (SSSR count). The molecule has 0 heterocycles. The molecule has 0 atom stereocenters. The van der Waals surface area contributed by atoms with Gasteiger partial charge in [0.1, 0.15) is 0 Å². The van der Waals surface area contributed by atoms with Crippen LogP contribution in [0.2, 0.25) is 0 Å². The van der Waals surface area contributed by atoms with Gasteiger partial charge in [0.05, 0.1) is 12.7 Å². The molecule has 0 aromatic carbocycles. The first kappa shape index (κ1) is 20.8. The van der Waals surface area contributed by atoms with Crippen LogP contribution < -0.4 is 0 Å². The van der Waals surface area contributed by atoms with Crippen molar-refractivity contribution in [3.63, 3.8) is 0 Å². The minimum atomic E-state index is -2.58. The van der Waals surface area contributed by atoms with Gasteiger partial charge in [0.2, 0.25) is 0 Å². The minimum Gasteiger partial charge on any atom is -0.378 e. The number of ether oxygens (including phenoxy) is 1. The van der Waals surface area contributed by atoms with Crippen LogP contribution in [0.4, 0.5) is 8.78 Å². The second kappa shape index (κ2) is 8.45. The maximum Gasteiger partial charge on any atom is 0.252 e. The van der Waals surface area contributed by atoms with Gasteiger partial charge in [-0.3, -0.25) is 0 Å². The highest BCUT2D eigenvalue weighted by Crippen LogP contribution is 2.40. The first-order valence-corrected chi connectivity index (χ1v) is 8.49. The Morgan fingerprint density at radius 1 is 0.905 bits per heavy atom. The number of hydrogen-bond acceptors (Lipinski definition) is 1. The summed E-state index contributed by atoms with van der Waals surface area (Å²) in [4.78, 5) is 0. The lowest BCUT2D eigenvalue weighted by Gasteiger charge is -2.33. The lowest BCUT2D eigenvalue weighted by Crippen LogP contribution is -2.33. The fourth-order valence-corrected chi connectivity index (χ4v) is 2.45. The molecule has 21 heavy (non-hydrogen) atoms. The third kappa shape index (κ3) is 7.08. The Hall–Kier alpha value is -0.180. The summed E-state index contributed by atoms with van der Waals surface area (Å²) < 4.78 is 33.7. The van der Waals surface area contributed by atoms with Crippen LogP contribution in [0.1, 0.15) is 87.0 Å². The Morgan fingerprint density at radius 2 is 1.38 bits per heavy atom. The molecule has 0 fully saturated rings. The molecule has 0 aliphatic rings. The molecule has 0 aromatic rings. The molecule has 0 unspecified atom stereocenters. The number of halogens is 2. The van der Waals surface area contributed by atoms with Crippen molar-refractivity contribution in [3.8, 4) is 0 Å². The maximum absolute atomic E-state index is 13.9. The molecule has 0 saturated heterocycles. The van der Waals surface area contributed by atoms with Gasteiger partial charge in [0.15, 0.2) is 0 Å². The zero-order chi connectivity index (χ0) is 16.7. The highest BCUT2D eigenvalue weighted by atomic mass is 19.3. The Labute approximate surface area is 130 Å². The van der Waals surface area contributed by atoms with Crippen molar-refractivity contribution in [1.29, 1.82) is 0 Å². The normalized spacial score (nSPS) is 14.0. The molecule has 0 aromatic heterocycles. The van der Waals surface area contributed by atoms with Crippen LogP contribution in [0.3, 0.4) is 0 Å². The second-order valence-electron chi connectivity index (χ2n) is 7.73. The van der Waals surface area contributed by atoms with Crippen LogP contribution in [0.15, 0.2) is 0 Å². The average Bonchev–Trinajstić information content (AvgIpc) is 2.37. The van der Waals surface area contributed by atoms with Crippen molar-refractivity contribution in [2.75, 3.05) is 6.61 Å². The van der Waals surface area contributed by atoms with Gasteiger partial charge in [-0.25, -0.2) is 8.78 Å². The topological polar surface area (TPSA) is 9.23 Å². The van der Waals surface area contributed by atoms with Gasteiger partial charge in [-0.05, 0) is 44.9 Å². The maximum atomic E-state index is 13.9. The fourth-order valence-electron chi connectivity index (χ4n) is 2.45. The van der Waals surface area contributed by atoms with Gasteiger partial charge >= 0.3 is 0 Å². The molecule has 1 nitrogen and oxygen atoms in total. The van der Waals surface area contributed by atoms with Crippen LogP contribution in [-0.4, -0.2) is 18.6 Å². The molecule has 0 N–H and O–H groups in total. The zero-order valence-corrected chi connectivity index (χ0v) is 15.2. The van der Waals surface area contributed by atoms with E-state index in [-0.39, 0.29) is 17.9 Å². The first-order chi connectivity index (χ1) is 9.49. The van der Waals surface area contributed by atoms with Crippen LogP contribution in [0.5, 0.6) is 0 Å². The van der Waals surface area contributed by atoms with Crippen LogP contribution >= 0.6 is 0 Å². The van der Waals surface area contributed by atoms with E-state index >= 15 is 0 Å². The number of unbranched alkanes of at least 4 members (excludes halogenated alkanes) is 1. The quantitative estimate of drug-likeness (QED) is 0.421. The molecule has 0 amide bonds. The lowest BCUT2D eigenvalue weighted by molar-refractivity contribution is -0.104. The van der Waals surface area contributed by atoms with Gasteiger partial charge in [0, 0.05) is 11.8 Å². The van der Waals surface area contributed by atoms with E-state index in [1.807, 2.05) is 13.8 Å². The van der Waals surface area contributed by atoms with Crippen molar-refractivity contribution < 1.29 is 13.5 Å². The SMILES string of the molecule is CCC(CC)(CCCCC(F)(F)C(C)(C)C)COC(C)C. The monoisotopic (exact) mass is 306 g/mol. The van der Waals surface area contributed by atoms with Crippen LogP contribution in [0.25, 0.3) is 0 Å². The third-order valence-corrected chi connectivity index (χ3v) is 4.77. The fraction of sp³-hybridized carbons (Fsp3) is 1.00. The average molecular weight is 306 g/mol. The highest BCUT2D eigenvalue weighted by molar-refractivity contribution is 4.82. The summed E-state index contributed by atoms with van der Waals surface area (Å²) >= 11 is 0. The van der Waals surface area contributed by atoms with Gasteiger partial charge in [-0.1, -0.05) is 41.0 Å². The molecule has 0 spiro atoms. The Morgan fingerprint density at radius 3 is 1.76 bits per heavy atom. The van der Waals surface area contributed by atoms with Gasteiger partial charge in [-0.2, -0.15) is 0 Å². The van der Waals surface area contributed by atoms with Gasteiger partial charge < -0.3 is 4.74 Å². The number of rotatable bonds is 10. The highest BCUT2D eigenvalue weighted by Gasteiger charge is 2.42. The van der Waals surface area contributed by atoms with E-state index < -0.39 is 11.3 Å². The number of alkyl halides is 2. The summed E-state index contributed by atoms with van der Waals surface area (Å²) in [5.74, 6) is -2.58. The van der Waals surface area contributed by atoms with Crippen molar-refractivity contribution in [2.45, 2.75) is 99.0 Å². The molecule has 0 saturated carbocycles. The van der Waals surface area contributed by atoms with Crippen molar-refractivity contribution in [3.05, 3.63) is 0 Å². The Bertz CT molecular complexity index is 275. The molecule has 0 radical (unpaired) electrons. The summed E-state index contributed by atoms with van der Waals surface area (Å²) in [5, 5.41) is 0. The summed E-state index contributed by atoms with van der Waals surface area (Å²) in [6.07, 6.45) is 4.74. The van der Waals surface area contributed by atoms with Crippen molar-refractivity contribution in [2.24, 2.45) is 10.8 Å². The second-order valence-corrected chi connectivity index (χ2v) is 7.73. The Kier molecular flexibility index (Phi) is 8.38. The molecule has 0 aliphatic carbocycles. The van der Waals surface area contributed by atoms with Gasteiger partial charge in [0.25, 0.3) is 5.92 Å². The summed E-state index contributed by atoms with van der Waals surface area (Å²) in [6.45, 7) is 14.0. The first-order valence-electron chi connectivity index (χ1n) is 8.49. The summed E-state index contributed by atoms with van der Waals surface area (Å²) in [7, 11) is 0. The van der Waals surface area contributed by atoms with E-state index in [0.717, 1.165) is 32.3 Å². The molecule has 0 aliphatic heterocycles. The largest absolute Gasteiger partial charge is 0.378 e. The van der Waals surface area contributed by atoms with E-state index in [0.29, 0.717) is 6.42 Å². The Balaban J connectivity index is 4.33. The lowest BCUT2D eigenvalue weighted by atomic mass is 9.77. The van der Waals surface area contributed by atoms with Crippen molar-refractivity contribution in [1.82, 2.24) is 0 Å². The van der Waals surface area contributed by atoms with E-state index in [9.17, 15) is 8.78 Å². The molecule has 3 heteroatoms. The minimum absolute atomic E-state index is 0.00888. The van der Waals surface area contributed by atoms with E-state index in [1.54, 1.807) is 20.8 Å². The predicted octanol–water partition coefficient (Wildman–Crippen LogP) is 6.46. The zero-order valence-electron chi connectivity index (χ0n) is 15.2. The van der Waals surface area contributed by atoms with Gasteiger partial charge in [-0.15, -0.1) is 0 Å². The number of hydrogen-bond donors (Lipinski definition) is 0. The van der Waals surface area contributed by atoms with Crippen molar-refractivity contribution >= 4 is 0 Å². The molecule has 128 valence electrons. The van der Waals surface area contributed by atoms with E-state index in [4.69, 9.17) is 4.74 Å². The third-order valence-electron chi connectivity index (χ3n) is 4.77. The van der Waals surface area contributed by atoms with Crippen LogP contribution in [-0.2, 0) is 4.74 Å². The van der Waals surface area contributed by atoms with Crippen LogP contribution in [0, 0.1) is 10.8 Å². The summed E-state index contributed by atoms with van der Waals surface area (Å²) in [5.41, 5.74) is -0.790. The van der Waals surface area contributed by atoms with E-state index in [1.165, 1.54) is 0 Å². The predicted molar refractivity (Wildman–Crippen MR) is 87.0 cm³/mol. The summed E-state index contributed by atoms with van der Waals surface area (Å²) in [6, 6.07) is 0. The standard InChI is InChI=1S/C18H36F2O/c1-8-17(9-2,14-21-15(3)4)12-10-11-13-18(19,20)16(5,6)7/h15H,8-14H2,1-7H3. The van der Waals surface area contributed by atoms with E-state index in [2.05, 4.69) is 13.8 Å². The molecular formula is C18H36F2O. The smallest absolute Gasteiger partial charge is 0.252 e.